The summed E-state index contributed by atoms with van der Waals surface area (Å²) in [6, 6.07) is 8.75. The van der Waals surface area contributed by atoms with Gasteiger partial charge in [0.15, 0.2) is 6.04 Å². The largest absolute Gasteiger partial charge is 0.480 e. The lowest BCUT2D eigenvalue weighted by atomic mass is 9.70. The van der Waals surface area contributed by atoms with Gasteiger partial charge >= 0.3 is 5.97 Å². The molecule has 1 aromatic carbocycles. The van der Waals surface area contributed by atoms with Crippen LogP contribution in [0.2, 0.25) is 0 Å². The van der Waals surface area contributed by atoms with E-state index in [0.717, 1.165) is 18.4 Å². The quantitative estimate of drug-likeness (QED) is 0.830. The molecule has 5 nitrogen and oxygen atoms in total. The van der Waals surface area contributed by atoms with Crippen molar-refractivity contribution < 1.29 is 19.4 Å². The van der Waals surface area contributed by atoms with E-state index in [0.29, 0.717) is 25.2 Å². The molecular weight excluding hydrogens is 354 g/mol. The van der Waals surface area contributed by atoms with Gasteiger partial charge in [-0.25, -0.2) is 4.79 Å². The van der Waals surface area contributed by atoms with Gasteiger partial charge in [0.25, 0.3) is 0 Å². The zero-order chi connectivity index (χ0) is 20.5. The molecule has 28 heavy (non-hydrogen) atoms. The van der Waals surface area contributed by atoms with Crippen molar-refractivity contribution in [3.63, 3.8) is 0 Å². The lowest BCUT2D eigenvalue weighted by molar-refractivity contribution is -0.167. The van der Waals surface area contributed by atoms with Gasteiger partial charge in [-0.15, -0.1) is 0 Å². The molecule has 0 unspecified atom stereocenters. The van der Waals surface area contributed by atoms with Crippen LogP contribution in [0.25, 0.3) is 0 Å². The first-order valence-electron chi connectivity index (χ1n) is 10.4. The summed E-state index contributed by atoms with van der Waals surface area (Å²) in [5, 5.41) is 9.78. The maximum Gasteiger partial charge on any atom is 0.328 e. The van der Waals surface area contributed by atoms with Crippen molar-refractivity contribution in [2.24, 2.45) is 11.3 Å². The van der Waals surface area contributed by atoms with Gasteiger partial charge in [0.2, 0.25) is 5.91 Å². The highest BCUT2D eigenvalue weighted by molar-refractivity contribution is 5.89. The highest BCUT2D eigenvalue weighted by Crippen LogP contribution is 2.48. The molecule has 1 N–H and O–H groups in total. The second kappa shape index (κ2) is 7.86. The first-order valence-corrected chi connectivity index (χ1v) is 10.4. The Morgan fingerprint density at radius 3 is 2.32 bits per heavy atom. The van der Waals surface area contributed by atoms with Crippen LogP contribution in [0, 0.1) is 11.3 Å². The van der Waals surface area contributed by atoms with Crippen LogP contribution in [-0.2, 0) is 14.3 Å². The molecule has 1 aliphatic heterocycles. The van der Waals surface area contributed by atoms with Crippen molar-refractivity contribution in [2.75, 3.05) is 6.61 Å². The monoisotopic (exact) mass is 387 g/mol. The Hall–Kier alpha value is -1.88. The Morgan fingerprint density at radius 2 is 1.82 bits per heavy atom. The number of carboxylic acids is 1. The average Bonchev–Trinajstić information content (AvgIpc) is 3.01. The molecular formula is C23H33NO4. The smallest absolute Gasteiger partial charge is 0.328 e. The van der Waals surface area contributed by atoms with Crippen LogP contribution in [0.4, 0.5) is 0 Å². The Balaban J connectivity index is 1.90. The maximum absolute atomic E-state index is 13.6. The van der Waals surface area contributed by atoms with Crippen LogP contribution in [0.3, 0.4) is 0 Å². The van der Waals surface area contributed by atoms with Gasteiger partial charge in [0.1, 0.15) is 5.72 Å². The third-order valence-corrected chi connectivity index (χ3v) is 6.68. The van der Waals surface area contributed by atoms with Crippen LogP contribution in [0.15, 0.2) is 30.3 Å². The van der Waals surface area contributed by atoms with Crippen LogP contribution < -0.4 is 0 Å². The summed E-state index contributed by atoms with van der Waals surface area (Å²) in [7, 11) is 0. The lowest BCUT2D eigenvalue weighted by Crippen LogP contribution is -2.56. The third-order valence-electron chi connectivity index (χ3n) is 6.68. The van der Waals surface area contributed by atoms with E-state index in [1.165, 1.54) is 0 Å². The zero-order valence-corrected chi connectivity index (χ0v) is 17.5. The van der Waals surface area contributed by atoms with Crippen molar-refractivity contribution in [1.29, 1.82) is 0 Å². The van der Waals surface area contributed by atoms with Gasteiger partial charge < -0.3 is 9.84 Å². The van der Waals surface area contributed by atoms with Crippen molar-refractivity contribution in [3.8, 4) is 0 Å². The molecule has 2 atom stereocenters. The number of nitrogens with zero attached hydrogens (tertiary/aromatic N) is 1. The Labute approximate surface area is 168 Å². The molecule has 2 aliphatic rings. The minimum Gasteiger partial charge on any atom is -0.480 e. The number of amides is 1. The SMILES string of the molecule is CC[C@H](C(=O)N1[C@H](C(=O)O)COC12CCC(C(C)(C)C)CC2)c1ccccc1. The minimum atomic E-state index is -0.980. The van der Waals surface area contributed by atoms with E-state index in [9.17, 15) is 14.7 Å². The van der Waals surface area contributed by atoms with E-state index >= 15 is 0 Å². The fourth-order valence-corrected chi connectivity index (χ4v) is 4.92. The molecule has 1 saturated heterocycles. The van der Waals surface area contributed by atoms with Crippen LogP contribution in [0.5, 0.6) is 0 Å². The fourth-order valence-electron chi connectivity index (χ4n) is 4.92. The second-order valence-electron chi connectivity index (χ2n) is 9.33. The molecule has 3 rings (SSSR count). The number of ether oxygens (including phenoxy) is 1. The molecule has 2 fully saturated rings. The number of carbonyl (C=O) groups excluding carboxylic acids is 1. The molecule has 1 aromatic rings. The van der Waals surface area contributed by atoms with Gasteiger partial charge in [-0.1, -0.05) is 58.0 Å². The molecule has 1 aliphatic carbocycles. The summed E-state index contributed by atoms with van der Waals surface area (Å²) < 4.78 is 6.10. The second-order valence-corrected chi connectivity index (χ2v) is 9.33. The maximum atomic E-state index is 13.6. The average molecular weight is 388 g/mol. The van der Waals surface area contributed by atoms with E-state index in [4.69, 9.17) is 4.74 Å². The lowest BCUT2D eigenvalue weighted by Gasteiger charge is -2.46. The Bertz CT molecular complexity index is 701. The van der Waals surface area contributed by atoms with Crippen molar-refractivity contribution in [2.45, 2.75) is 77.5 Å². The Morgan fingerprint density at radius 1 is 1.21 bits per heavy atom. The number of hydrogen-bond acceptors (Lipinski definition) is 3. The van der Waals surface area contributed by atoms with E-state index in [2.05, 4.69) is 20.8 Å². The summed E-state index contributed by atoms with van der Waals surface area (Å²) in [6.45, 7) is 8.79. The molecule has 1 heterocycles. The summed E-state index contributed by atoms with van der Waals surface area (Å²) in [5.41, 5.74) is 0.367. The van der Waals surface area contributed by atoms with E-state index in [-0.39, 0.29) is 23.8 Å². The first-order chi connectivity index (χ1) is 13.2. The third kappa shape index (κ3) is 3.82. The van der Waals surface area contributed by atoms with E-state index < -0.39 is 17.7 Å². The zero-order valence-electron chi connectivity index (χ0n) is 17.5. The number of aliphatic carboxylic acids is 1. The number of carbonyl (C=O) groups is 2. The van der Waals surface area contributed by atoms with Crippen molar-refractivity contribution in [3.05, 3.63) is 35.9 Å². The normalized spacial score (nSPS) is 29.1. The number of rotatable bonds is 4. The van der Waals surface area contributed by atoms with Gasteiger partial charge in [-0.3, -0.25) is 9.69 Å². The molecule has 0 bridgehead atoms. The number of carboxylic acid groups (broad SMARTS) is 1. The first kappa shape index (κ1) is 20.8. The standard InChI is InChI=1S/C23H33NO4/c1-5-18(16-9-7-6-8-10-16)20(25)24-19(21(26)27)15-28-23(24)13-11-17(12-14-23)22(2,3)4/h6-10,17-19H,5,11-15H2,1-4H3,(H,26,27)/t17?,18-,19-,23?/m0/s1. The van der Waals surface area contributed by atoms with Gasteiger partial charge in [-0.05, 0) is 49.0 Å². The highest BCUT2D eigenvalue weighted by atomic mass is 16.5. The van der Waals surface area contributed by atoms with Crippen LogP contribution in [0.1, 0.15) is 71.3 Å². The van der Waals surface area contributed by atoms with Gasteiger partial charge in [0.05, 0.1) is 12.5 Å². The van der Waals surface area contributed by atoms with Gasteiger partial charge in [-0.2, -0.15) is 0 Å². The van der Waals surface area contributed by atoms with Gasteiger partial charge in [0, 0.05) is 0 Å². The molecule has 0 aromatic heterocycles. The molecule has 0 radical (unpaired) electrons. The molecule has 5 heteroatoms. The molecule has 1 spiro atoms. The summed E-state index contributed by atoms with van der Waals surface area (Å²) in [4.78, 5) is 27.2. The number of hydrogen-bond donors (Lipinski definition) is 1. The minimum absolute atomic E-state index is 0.0759. The predicted octanol–water partition coefficient (Wildman–Crippen LogP) is 4.42. The van der Waals surface area contributed by atoms with E-state index in [1.54, 1.807) is 4.90 Å². The topological polar surface area (TPSA) is 66.8 Å². The summed E-state index contributed by atoms with van der Waals surface area (Å²) in [5.74, 6) is -0.889. The van der Waals surface area contributed by atoms with E-state index in [1.807, 2.05) is 37.3 Å². The Kier molecular flexibility index (Phi) is 5.85. The van der Waals surface area contributed by atoms with Crippen LogP contribution >= 0.6 is 0 Å². The predicted molar refractivity (Wildman–Crippen MR) is 108 cm³/mol. The molecule has 154 valence electrons. The van der Waals surface area contributed by atoms with Crippen molar-refractivity contribution in [1.82, 2.24) is 4.90 Å². The fraction of sp³-hybridized carbons (Fsp3) is 0.652. The van der Waals surface area contributed by atoms with Crippen molar-refractivity contribution >= 4 is 11.9 Å². The van der Waals surface area contributed by atoms with Crippen LogP contribution in [-0.4, -0.2) is 40.3 Å². The summed E-state index contributed by atoms with van der Waals surface area (Å²) in [6.07, 6.45) is 3.93. The molecule has 1 amide bonds. The summed E-state index contributed by atoms with van der Waals surface area (Å²) >= 11 is 0. The molecule has 1 saturated carbocycles. The highest BCUT2D eigenvalue weighted by Gasteiger charge is 2.55. The number of benzene rings is 1.